The largest absolute Gasteiger partial charge is 0.434 e. The lowest BCUT2D eigenvalue weighted by molar-refractivity contribution is -0.140. The molecule has 0 bridgehead atoms. The minimum atomic E-state index is -4.44. The number of likely N-dealkylation sites (tertiary alicyclic amines) is 1. The van der Waals surface area contributed by atoms with E-state index < -0.39 is 11.9 Å². The first-order chi connectivity index (χ1) is 12.4. The van der Waals surface area contributed by atoms with Crippen molar-refractivity contribution in [2.75, 3.05) is 13.1 Å². The van der Waals surface area contributed by atoms with Crippen molar-refractivity contribution in [3.63, 3.8) is 0 Å². The second-order valence-corrected chi connectivity index (χ2v) is 7.17. The van der Waals surface area contributed by atoms with E-state index in [2.05, 4.69) is 15.2 Å². The highest BCUT2D eigenvalue weighted by molar-refractivity contribution is 7.09. The number of carbonyl (C=O) groups excluding carboxylic acids is 1. The van der Waals surface area contributed by atoms with Crippen LogP contribution >= 0.6 is 11.3 Å². The van der Waals surface area contributed by atoms with Crippen molar-refractivity contribution in [1.29, 1.82) is 0 Å². The smallest absolute Gasteiger partial charge is 0.337 e. The molecule has 1 unspecified atom stereocenters. The molecule has 1 aliphatic heterocycles. The Balaban J connectivity index is 1.55. The maximum absolute atomic E-state index is 12.9. The quantitative estimate of drug-likeness (QED) is 0.729. The number of alkyl halides is 3. The first-order valence-corrected chi connectivity index (χ1v) is 9.06. The van der Waals surface area contributed by atoms with Gasteiger partial charge in [-0.15, -0.1) is 11.3 Å². The average Bonchev–Trinajstić information content (AvgIpc) is 3.28. The van der Waals surface area contributed by atoms with Gasteiger partial charge in [0.2, 0.25) is 0 Å². The zero-order chi connectivity index (χ0) is 18.3. The number of nitrogens with one attached hydrogen (secondary N) is 1. The van der Waals surface area contributed by atoms with E-state index in [4.69, 9.17) is 0 Å². The molecule has 136 valence electrons. The van der Waals surface area contributed by atoms with Crippen LogP contribution in [0.3, 0.4) is 0 Å². The molecule has 3 aromatic rings. The van der Waals surface area contributed by atoms with Crippen molar-refractivity contribution in [2.24, 2.45) is 0 Å². The Bertz CT molecular complexity index is 949. The fourth-order valence-corrected chi connectivity index (χ4v) is 4.20. The van der Waals surface area contributed by atoms with Gasteiger partial charge >= 0.3 is 6.18 Å². The Morgan fingerprint density at radius 2 is 2.12 bits per heavy atom. The van der Waals surface area contributed by atoms with E-state index in [0.29, 0.717) is 23.8 Å². The summed E-state index contributed by atoms with van der Waals surface area (Å²) in [6.45, 7) is 0.916. The van der Waals surface area contributed by atoms with E-state index in [-0.39, 0.29) is 11.8 Å². The summed E-state index contributed by atoms with van der Waals surface area (Å²) >= 11 is 1.01. The maximum Gasteiger partial charge on any atom is 0.434 e. The third-order valence-electron chi connectivity index (χ3n) is 4.54. The third kappa shape index (κ3) is 3.07. The number of thiazole rings is 1. The summed E-state index contributed by atoms with van der Waals surface area (Å²) in [5.74, 6) is -0.390. The fourth-order valence-electron chi connectivity index (χ4n) is 3.24. The van der Waals surface area contributed by atoms with Crippen molar-refractivity contribution >= 4 is 28.1 Å². The number of aromatic amines is 1. The summed E-state index contributed by atoms with van der Waals surface area (Å²) in [6.07, 6.45) is -3.00. The van der Waals surface area contributed by atoms with Gasteiger partial charge in [-0.3, -0.25) is 9.89 Å². The van der Waals surface area contributed by atoms with Gasteiger partial charge in [0.25, 0.3) is 5.91 Å². The molecule has 0 saturated carbocycles. The van der Waals surface area contributed by atoms with Crippen LogP contribution in [0.25, 0.3) is 10.9 Å². The third-order valence-corrected chi connectivity index (χ3v) is 5.55. The summed E-state index contributed by atoms with van der Waals surface area (Å²) in [6, 6.07) is 7.35. The lowest BCUT2D eigenvalue weighted by Gasteiger charge is -2.31. The van der Waals surface area contributed by atoms with E-state index in [1.54, 1.807) is 4.90 Å². The number of rotatable bonds is 2. The Hall–Kier alpha value is -2.42. The Kier molecular flexibility index (Phi) is 4.18. The molecular formula is C17H15F3N4OS. The Labute approximate surface area is 150 Å². The first-order valence-electron chi connectivity index (χ1n) is 8.18. The van der Waals surface area contributed by atoms with E-state index in [1.165, 1.54) is 0 Å². The molecule has 1 saturated heterocycles. The van der Waals surface area contributed by atoms with Crippen LogP contribution in [0.5, 0.6) is 0 Å². The molecule has 9 heteroatoms. The monoisotopic (exact) mass is 380 g/mol. The number of hydrogen-bond donors (Lipinski definition) is 1. The van der Waals surface area contributed by atoms with E-state index in [9.17, 15) is 18.0 Å². The second-order valence-electron chi connectivity index (χ2n) is 6.28. The van der Waals surface area contributed by atoms with Crippen molar-refractivity contribution < 1.29 is 18.0 Å². The van der Waals surface area contributed by atoms with Crippen molar-refractivity contribution in [2.45, 2.75) is 24.9 Å². The van der Waals surface area contributed by atoms with Crippen LogP contribution in [0, 0.1) is 0 Å². The standard InChI is InChI=1S/C17H15F3N4OS/c18-17(19,20)13-9-26-15(21-13)10-4-3-7-24(8-10)16(25)14-11-5-1-2-6-12(11)22-23-14/h1-2,5-6,9-10H,3-4,7-8H2,(H,22,23). The molecular weight excluding hydrogens is 365 g/mol. The number of carbonyl (C=O) groups is 1. The van der Waals surface area contributed by atoms with E-state index in [0.717, 1.165) is 40.5 Å². The molecule has 3 heterocycles. The molecule has 1 atom stereocenters. The van der Waals surface area contributed by atoms with Crippen LogP contribution in [-0.4, -0.2) is 39.1 Å². The van der Waals surface area contributed by atoms with Crippen LogP contribution in [0.15, 0.2) is 29.6 Å². The summed E-state index contributed by atoms with van der Waals surface area (Å²) in [4.78, 5) is 18.3. The van der Waals surface area contributed by atoms with Crippen molar-refractivity contribution in [3.05, 3.63) is 46.0 Å². The van der Waals surface area contributed by atoms with Gasteiger partial charge in [0.1, 0.15) is 0 Å². The molecule has 1 N–H and O–H groups in total. The molecule has 2 aromatic heterocycles. The minimum absolute atomic E-state index is 0.181. The highest BCUT2D eigenvalue weighted by atomic mass is 32.1. The molecule has 0 spiro atoms. The van der Waals surface area contributed by atoms with Gasteiger partial charge in [-0.1, -0.05) is 18.2 Å². The Morgan fingerprint density at radius 3 is 2.88 bits per heavy atom. The zero-order valence-electron chi connectivity index (χ0n) is 13.6. The van der Waals surface area contributed by atoms with Crippen LogP contribution in [0.1, 0.15) is 39.9 Å². The summed E-state index contributed by atoms with van der Waals surface area (Å²) in [5.41, 5.74) is 0.259. The summed E-state index contributed by atoms with van der Waals surface area (Å²) in [5, 5.41) is 9.18. The molecule has 4 rings (SSSR count). The summed E-state index contributed by atoms with van der Waals surface area (Å²) < 4.78 is 38.3. The topological polar surface area (TPSA) is 61.9 Å². The number of fused-ring (bicyclic) bond motifs is 1. The number of halogens is 3. The fraction of sp³-hybridized carbons (Fsp3) is 0.353. The summed E-state index contributed by atoms with van der Waals surface area (Å²) in [7, 11) is 0. The minimum Gasteiger partial charge on any atom is -0.337 e. The van der Waals surface area contributed by atoms with Crippen LogP contribution < -0.4 is 0 Å². The van der Waals surface area contributed by atoms with Gasteiger partial charge in [-0.2, -0.15) is 18.3 Å². The zero-order valence-corrected chi connectivity index (χ0v) is 14.4. The molecule has 5 nitrogen and oxygen atoms in total. The molecule has 0 radical (unpaired) electrons. The van der Waals surface area contributed by atoms with E-state index in [1.807, 2.05) is 24.3 Å². The molecule has 1 aromatic carbocycles. The number of aromatic nitrogens is 3. The first kappa shape index (κ1) is 17.0. The van der Waals surface area contributed by atoms with E-state index >= 15 is 0 Å². The van der Waals surface area contributed by atoms with Crippen molar-refractivity contribution in [1.82, 2.24) is 20.1 Å². The number of piperidine rings is 1. The van der Waals surface area contributed by atoms with Gasteiger partial charge < -0.3 is 4.90 Å². The highest BCUT2D eigenvalue weighted by Gasteiger charge is 2.35. The maximum atomic E-state index is 12.9. The van der Waals surface area contributed by atoms with Gasteiger partial charge in [0.05, 0.1) is 10.5 Å². The van der Waals surface area contributed by atoms with Gasteiger partial charge in [0.15, 0.2) is 11.4 Å². The molecule has 1 fully saturated rings. The lowest BCUT2D eigenvalue weighted by Crippen LogP contribution is -2.39. The Morgan fingerprint density at radius 1 is 1.31 bits per heavy atom. The normalized spacial score (nSPS) is 18.4. The van der Waals surface area contributed by atoms with Crippen LogP contribution in [-0.2, 0) is 6.18 Å². The lowest BCUT2D eigenvalue weighted by atomic mass is 9.98. The number of benzene rings is 1. The predicted octanol–water partition coefficient (Wildman–Crippen LogP) is 4.06. The molecule has 1 amide bonds. The van der Waals surface area contributed by atoms with Crippen LogP contribution in [0.4, 0.5) is 13.2 Å². The molecule has 0 aliphatic carbocycles. The number of para-hydroxylation sites is 1. The SMILES string of the molecule is O=C(c1n[nH]c2ccccc12)N1CCCC(c2nc(C(F)(F)F)cs2)C1. The molecule has 1 aliphatic rings. The van der Waals surface area contributed by atoms with Gasteiger partial charge in [0, 0.05) is 29.8 Å². The average molecular weight is 380 g/mol. The number of H-pyrrole nitrogens is 1. The van der Waals surface area contributed by atoms with Crippen molar-refractivity contribution in [3.8, 4) is 0 Å². The molecule has 26 heavy (non-hydrogen) atoms. The number of amides is 1. The van der Waals surface area contributed by atoms with Gasteiger partial charge in [-0.25, -0.2) is 4.98 Å². The number of hydrogen-bond acceptors (Lipinski definition) is 4. The van der Waals surface area contributed by atoms with Crippen LogP contribution in [0.2, 0.25) is 0 Å². The van der Waals surface area contributed by atoms with Gasteiger partial charge in [-0.05, 0) is 18.9 Å². The number of nitrogens with zero attached hydrogens (tertiary/aromatic N) is 3. The highest BCUT2D eigenvalue weighted by Crippen LogP contribution is 2.35. The predicted molar refractivity (Wildman–Crippen MR) is 91.1 cm³/mol. The second kappa shape index (κ2) is 6.39.